The Morgan fingerprint density at radius 3 is 2.38 bits per heavy atom. The zero-order valence-corrected chi connectivity index (χ0v) is 22.9. The normalized spacial score (nSPS) is 14.8. The molecule has 1 aromatic carbocycles. The maximum absolute atomic E-state index is 13.0. The van der Waals surface area contributed by atoms with Crippen molar-refractivity contribution < 1.29 is 37.7 Å². The molecule has 1 aliphatic heterocycles. The van der Waals surface area contributed by atoms with E-state index in [4.69, 9.17) is 23.3 Å². The van der Waals surface area contributed by atoms with Crippen molar-refractivity contribution in [1.29, 1.82) is 0 Å². The Morgan fingerprint density at radius 2 is 1.78 bits per heavy atom. The molecule has 0 amide bonds. The molecule has 0 saturated carbocycles. The minimum absolute atomic E-state index is 0.0644. The van der Waals surface area contributed by atoms with E-state index in [1.807, 2.05) is 10.6 Å². The minimum atomic E-state index is -3.50. The highest BCUT2D eigenvalue weighted by Gasteiger charge is 2.31. The summed E-state index contributed by atoms with van der Waals surface area (Å²) >= 11 is 0. The lowest BCUT2D eigenvalue weighted by molar-refractivity contribution is 0.0694. The van der Waals surface area contributed by atoms with E-state index in [0.717, 1.165) is 5.56 Å². The molecule has 0 radical (unpaired) electrons. The van der Waals surface area contributed by atoms with E-state index < -0.39 is 19.0 Å². The molecular weight excluding hydrogens is 501 g/mol. The average Bonchev–Trinajstić information content (AvgIpc) is 2.84. The zero-order chi connectivity index (χ0) is 27.2. The van der Waals surface area contributed by atoms with Crippen LogP contribution in [0.2, 0.25) is 0 Å². The van der Waals surface area contributed by atoms with E-state index in [1.165, 1.54) is 12.3 Å². The Bertz CT molecular complexity index is 1200. The third-order valence-corrected chi connectivity index (χ3v) is 7.84. The number of hydrogen-bond donors (Lipinski definition) is 1. The Morgan fingerprint density at radius 1 is 1.11 bits per heavy atom. The molecule has 0 spiro atoms. The number of nitrogens with zero attached hydrogens (tertiary/aromatic N) is 1. The number of carboxylic acids is 1. The topological polar surface area (TPSA) is 123 Å². The number of carboxylic acid groups (broad SMARTS) is 1. The van der Waals surface area contributed by atoms with Crippen molar-refractivity contribution >= 4 is 13.6 Å². The quantitative estimate of drug-likeness (QED) is 0.262. The van der Waals surface area contributed by atoms with Crippen LogP contribution >= 0.6 is 7.60 Å². The summed E-state index contributed by atoms with van der Waals surface area (Å²) in [5.41, 5.74) is 1.39. The van der Waals surface area contributed by atoms with Gasteiger partial charge in [0.1, 0.15) is 5.56 Å². The molecule has 10 nitrogen and oxygen atoms in total. The number of ether oxygens (including phenoxy) is 3. The van der Waals surface area contributed by atoms with Crippen molar-refractivity contribution in [3.05, 3.63) is 45.7 Å². The van der Waals surface area contributed by atoms with E-state index >= 15 is 0 Å². The molecule has 3 rings (SSSR count). The predicted molar refractivity (Wildman–Crippen MR) is 139 cm³/mol. The first-order chi connectivity index (χ1) is 17.6. The van der Waals surface area contributed by atoms with Gasteiger partial charge in [0.15, 0.2) is 23.3 Å². The Balaban J connectivity index is 2.10. The summed E-state index contributed by atoms with van der Waals surface area (Å²) < 4.78 is 42.7. The van der Waals surface area contributed by atoms with Crippen LogP contribution in [0.3, 0.4) is 0 Å². The highest BCUT2D eigenvalue weighted by molar-refractivity contribution is 7.53. The average molecular weight is 538 g/mol. The van der Waals surface area contributed by atoms with Gasteiger partial charge in [0.25, 0.3) is 0 Å². The fraction of sp³-hybridized carbons (Fsp3) is 0.538. The van der Waals surface area contributed by atoms with Crippen molar-refractivity contribution in [2.45, 2.75) is 46.6 Å². The number of methoxy groups -OCH3 is 1. The summed E-state index contributed by atoms with van der Waals surface area (Å²) in [6.07, 6.45) is 2.37. The first-order valence-electron chi connectivity index (χ1n) is 12.4. The Kier molecular flexibility index (Phi) is 9.95. The molecule has 37 heavy (non-hydrogen) atoms. The van der Waals surface area contributed by atoms with Gasteiger partial charge in [0, 0.05) is 44.0 Å². The molecule has 1 unspecified atom stereocenters. The van der Waals surface area contributed by atoms with E-state index in [-0.39, 0.29) is 37.1 Å². The zero-order valence-electron chi connectivity index (χ0n) is 22.0. The van der Waals surface area contributed by atoms with Crippen LogP contribution in [0, 0.1) is 5.92 Å². The molecule has 0 fully saturated rings. The standard InChI is InChI=1S/C26H36NO9P/c1-6-35-37(31,36-7-2)16-34-25-13-19-18(12-24(25)33-10-8-9-32-5)11-21(17(3)4)27-15-20(26(29)30)23(28)14-22(19)27/h12-15,17,21H,6-11,16H2,1-5H3,(H,29,30). The van der Waals surface area contributed by atoms with E-state index in [0.29, 0.717) is 48.8 Å². The molecular formula is C26H36NO9P. The first-order valence-corrected chi connectivity index (χ1v) is 14.2. The monoisotopic (exact) mass is 537 g/mol. The SMILES string of the molecule is CCOP(=O)(COc1cc2c(cc1OCCCOC)CC(C(C)C)n1cc(C(=O)O)c(=O)cc1-2)OCC. The van der Waals surface area contributed by atoms with Gasteiger partial charge < -0.3 is 32.9 Å². The summed E-state index contributed by atoms with van der Waals surface area (Å²) in [4.78, 5) is 24.3. The predicted octanol–water partition coefficient (Wildman–Crippen LogP) is 4.98. The smallest absolute Gasteiger partial charge is 0.367 e. The molecule has 2 heterocycles. The van der Waals surface area contributed by atoms with Gasteiger partial charge in [0.2, 0.25) is 0 Å². The molecule has 1 aliphatic rings. The second-order valence-corrected chi connectivity index (χ2v) is 11.0. The summed E-state index contributed by atoms with van der Waals surface area (Å²) in [6.45, 7) is 8.85. The van der Waals surface area contributed by atoms with Crippen LogP contribution in [0.15, 0.2) is 29.2 Å². The highest BCUT2D eigenvalue weighted by atomic mass is 31.2. The number of aromatic nitrogens is 1. The van der Waals surface area contributed by atoms with Crippen molar-refractivity contribution in [3.63, 3.8) is 0 Å². The third-order valence-electron chi connectivity index (χ3n) is 6.09. The summed E-state index contributed by atoms with van der Waals surface area (Å²) in [5, 5.41) is 9.51. The van der Waals surface area contributed by atoms with Crippen LogP contribution in [-0.2, 0) is 24.8 Å². The number of pyridine rings is 1. The van der Waals surface area contributed by atoms with Crippen LogP contribution in [0.5, 0.6) is 11.5 Å². The molecule has 204 valence electrons. The third kappa shape index (κ3) is 6.82. The van der Waals surface area contributed by atoms with Gasteiger partial charge in [-0.2, -0.15) is 0 Å². The van der Waals surface area contributed by atoms with Gasteiger partial charge in [-0.25, -0.2) is 4.79 Å². The van der Waals surface area contributed by atoms with Crippen molar-refractivity contribution in [2.75, 3.05) is 39.9 Å². The Hall–Kier alpha value is -2.65. The van der Waals surface area contributed by atoms with E-state index in [9.17, 15) is 19.3 Å². The number of hydrogen-bond acceptors (Lipinski definition) is 8. The number of rotatable bonds is 14. The van der Waals surface area contributed by atoms with Gasteiger partial charge in [-0.05, 0) is 43.9 Å². The van der Waals surface area contributed by atoms with Gasteiger partial charge in [-0.15, -0.1) is 0 Å². The van der Waals surface area contributed by atoms with Gasteiger partial charge >= 0.3 is 13.6 Å². The summed E-state index contributed by atoms with van der Waals surface area (Å²) in [6, 6.07) is 4.90. The lowest BCUT2D eigenvalue weighted by Gasteiger charge is -2.34. The highest BCUT2D eigenvalue weighted by Crippen LogP contribution is 2.49. The minimum Gasteiger partial charge on any atom is -0.490 e. The van der Waals surface area contributed by atoms with Crippen LogP contribution in [-0.4, -0.2) is 55.5 Å². The van der Waals surface area contributed by atoms with Crippen LogP contribution in [0.4, 0.5) is 0 Å². The second-order valence-electron chi connectivity index (χ2n) is 9.04. The maximum atomic E-state index is 13.0. The largest absolute Gasteiger partial charge is 0.490 e. The fourth-order valence-corrected chi connectivity index (χ4v) is 5.66. The van der Waals surface area contributed by atoms with Crippen molar-refractivity contribution in [2.24, 2.45) is 5.92 Å². The number of benzene rings is 1. The van der Waals surface area contributed by atoms with Crippen molar-refractivity contribution in [3.8, 4) is 22.8 Å². The van der Waals surface area contributed by atoms with Gasteiger partial charge in [0.05, 0.1) is 25.5 Å². The number of fused-ring (bicyclic) bond motifs is 3. The van der Waals surface area contributed by atoms with Crippen LogP contribution in [0.1, 0.15) is 56.1 Å². The molecule has 1 atom stereocenters. The molecule has 11 heteroatoms. The maximum Gasteiger partial charge on any atom is 0.367 e. The Labute approximate surface area is 217 Å². The lowest BCUT2D eigenvalue weighted by Crippen LogP contribution is -2.28. The molecule has 2 aromatic rings. The summed E-state index contributed by atoms with van der Waals surface area (Å²) in [5.74, 6) is -0.309. The molecule has 0 saturated heterocycles. The number of aromatic carboxylic acids is 1. The lowest BCUT2D eigenvalue weighted by atomic mass is 9.87. The first kappa shape index (κ1) is 28.9. The molecule has 0 bridgehead atoms. The second kappa shape index (κ2) is 12.7. The molecule has 1 N–H and O–H groups in total. The van der Waals surface area contributed by atoms with Crippen molar-refractivity contribution in [1.82, 2.24) is 4.57 Å². The van der Waals surface area contributed by atoms with Crippen LogP contribution < -0.4 is 14.9 Å². The molecule has 0 aliphatic carbocycles. The van der Waals surface area contributed by atoms with Gasteiger partial charge in [-0.1, -0.05) is 13.8 Å². The summed E-state index contributed by atoms with van der Waals surface area (Å²) in [7, 11) is -1.88. The van der Waals surface area contributed by atoms with E-state index in [1.54, 1.807) is 27.0 Å². The number of carbonyl (C=O) groups is 1. The van der Waals surface area contributed by atoms with E-state index in [2.05, 4.69) is 13.8 Å². The fourth-order valence-electron chi connectivity index (χ4n) is 4.36. The van der Waals surface area contributed by atoms with Crippen LogP contribution in [0.25, 0.3) is 11.3 Å². The van der Waals surface area contributed by atoms with Gasteiger partial charge in [-0.3, -0.25) is 9.36 Å². The molecule has 1 aromatic heterocycles.